The number of nitrogens with one attached hydrogen (secondary N) is 3. The quantitative estimate of drug-likeness (QED) is 0.670. The van der Waals surface area contributed by atoms with Gasteiger partial charge in [-0.15, -0.1) is 0 Å². The van der Waals surface area contributed by atoms with E-state index in [1.165, 1.54) is 6.33 Å². The maximum atomic E-state index is 12.4. The molecule has 1 aliphatic rings. The van der Waals surface area contributed by atoms with Crippen LogP contribution in [0, 0.1) is 13.8 Å². The molecule has 0 aliphatic heterocycles. The fourth-order valence-electron chi connectivity index (χ4n) is 2.78. The van der Waals surface area contributed by atoms with Gasteiger partial charge >= 0.3 is 0 Å². The summed E-state index contributed by atoms with van der Waals surface area (Å²) in [6.07, 6.45) is 3.78. The van der Waals surface area contributed by atoms with E-state index in [4.69, 9.17) is 0 Å². The largest absolute Gasteiger partial charge is 0.325 e. The van der Waals surface area contributed by atoms with Crippen molar-refractivity contribution in [1.82, 2.24) is 20.1 Å². The zero-order valence-electron chi connectivity index (χ0n) is 15.1. The molecule has 8 heteroatoms. The van der Waals surface area contributed by atoms with Crippen molar-refractivity contribution >= 4 is 23.5 Å². The average molecular weight is 356 g/mol. The number of anilines is 2. The number of carbonyl (C=O) groups is 2. The molecular weight excluding hydrogens is 332 g/mol. The standard InChI is InChI=1S/C18H24N6O2/c1-12-3-4-13(2)15(9-12)21-17(26)10-24(14-5-6-14)8-7-16(25)22-18-19-11-20-23-18/h3-4,9,11,14H,5-8,10H2,1-2H3,(H,21,26)(H2,19,20,22,23,25). The van der Waals surface area contributed by atoms with Crippen LogP contribution in [0.5, 0.6) is 0 Å². The predicted octanol–water partition coefficient (Wildman–Crippen LogP) is 1.85. The Morgan fingerprint density at radius 2 is 2.04 bits per heavy atom. The summed E-state index contributed by atoms with van der Waals surface area (Å²) in [5, 5.41) is 11.9. The zero-order valence-corrected chi connectivity index (χ0v) is 15.1. The Balaban J connectivity index is 1.51. The SMILES string of the molecule is Cc1ccc(C)c(NC(=O)CN(CCC(=O)Nc2ncn[nH]2)C2CC2)c1. The highest BCUT2D eigenvalue weighted by atomic mass is 16.2. The van der Waals surface area contributed by atoms with E-state index in [2.05, 4.69) is 30.7 Å². The van der Waals surface area contributed by atoms with Gasteiger partial charge in [0.1, 0.15) is 6.33 Å². The average Bonchev–Trinajstić information content (AvgIpc) is 3.32. The van der Waals surface area contributed by atoms with E-state index in [9.17, 15) is 9.59 Å². The van der Waals surface area contributed by atoms with Crippen molar-refractivity contribution in [1.29, 1.82) is 0 Å². The molecule has 1 aromatic carbocycles. The number of aryl methyl sites for hydroxylation is 2. The van der Waals surface area contributed by atoms with Crippen LogP contribution in [0.3, 0.4) is 0 Å². The molecule has 3 rings (SSSR count). The molecule has 3 N–H and O–H groups in total. The Morgan fingerprint density at radius 3 is 2.73 bits per heavy atom. The highest BCUT2D eigenvalue weighted by molar-refractivity contribution is 5.93. The van der Waals surface area contributed by atoms with Gasteiger partial charge in [0.05, 0.1) is 6.54 Å². The topological polar surface area (TPSA) is 103 Å². The Morgan fingerprint density at radius 1 is 1.23 bits per heavy atom. The highest BCUT2D eigenvalue weighted by Gasteiger charge is 2.30. The summed E-state index contributed by atoms with van der Waals surface area (Å²) in [7, 11) is 0. The van der Waals surface area contributed by atoms with E-state index in [0.717, 1.165) is 29.7 Å². The van der Waals surface area contributed by atoms with Gasteiger partial charge in [0.2, 0.25) is 17.8 Å². The van der Waals surface area contributed by atoms with Gasteiger partial charge in [-0.05, 0) is 43.9 Å². The summed E-state index contributed by atoms with van der Waals surface area (Å²) >= 11 is 0. The normalized spacial score (nSPS) is 13.7. The molecule has 0 atom stereocenters. The van der Waals surface area contributed by atoms with Crippen molar-refractivity contribution in [2.75, 3.05) is 23.7 Å². The molecule has 0 spiro atoms. The number of benzene rings is 1. The molecule has 26 heavy (non-hydrogen) atoms. The third-order valence-electron chi connectivity index (χ3n) is 4.38. The van der Waals surface area contributed by atoms with Gasteiger partial charge in [-0.1, -0.05) is 12.1 Å². The van der Waals surface area contributed by atoms with Crippen LogP contribution < -0.4 is 10.6 Å². The zero-order chi connectivity index (χ0) is 18.5. The molecule has 1 aromatic heterocycles. The second-order valence-corrected chi connectivity index (χ2v) is 6.70. The minimum absolute atomic E-state index is 0.0544. The van der Waals surface area contributed by atoms with Crippen molar-refractivity contribution in [2.24, 2.45) is 0 Å². The number of aromatic nitrogens is 3. The first-order valence-corrected chi connectivity index (χ1v) is 8.77. The minimum atomic E-state index is -0.151. The van der Waals surface area contributed by atoms with E-state index < -0.39 is 0 Å². The molecule has 0 bridgehead atoms. The Labute approximate surface area is 152 Å². The lowest BCUT2D eigenvalue weighted by Crippen LogP contribution is -2.37. The van der Waals surface area contributed by atoms with E-state index in [0.29, 0.717) is 25.0 Å². The van der Waals surface area contributed by atoms with Crippen LogP contribution in [0.15, 0.2) is 24.5 Å². The van der Waals surface area contributed by atoms with Crippen LogP contribution >= 0.6 is 0 Å². The highest BCUT2D eigenvalue weighted by Crippen LogP contribution is 2.27. The van der Waals surface area contributed by atoms with Gasteiger partial charge < -0.3 is 5.32 Å². The molecule has 1 aliphatic carbocycles. The predicted molar refractivity (Wildman–Crippen MR) is 98.8 cm³/mol. The van der Waals surface area contributed by atoms with Gasteiger partial charge in [0.15, 0.2) is 0 Å². The van der Waals surface area contributed by atoms with Crippen LogP contribution in [0.1, 0.15) is 30.4 Å². The second-order valence-electron chi connectivity index (χ2n) is 6.70. The lowest BCUT2D eigenvalue weighted by Gasteiger charge is -2.21. The lowest BCUT2D eigenvalue weighted by atomic mass is 10.1. The van der Waals surface area contributed by atoms with Gasteiger partial charge in [-0.3, -0.25) is 19.8 Å². The maximum Gasteiger partial charge on any atom is 0.238 e. The van der Waals surface area contributed by atoms with Gasteiger partial charge in [0.25, 0.3) is 0 Å². The number of carbonyl (C=O) groups excluding carboxylic acids is 2. The lowest BCUT2D eigenvalue weighted by molar-refractivity contribution is -0.119. The third-order valence-corrected chi connectivity index (χ3v) is 4.38. The number of nitrogens with zero attached hydrogens (tertiary/aromatic N) is 3. The van der Waals surface area contributed by atoms with Gasteiger partial charge in [-0.25, -0.2) is 5.10 Å². The summed E-state index contributed by atoms with van der Waals surface area (Å²) in [5.74, 6) is 0.129. The molecule has 138 valence electrons. The molecule has 0 radical (unpaired) electrons. The monoisotopic (exact) mass is 356 g/mol. The van der Waals surface area contributed by atoms with Crippen molar-refractivity contribution in [3.05, 3.63) is 35.7 Å². The minimum Gasteiger partial charge on any atom is -0.325 e. The molecule has 0 unspecified atom stereocenters. The van der Waals surface area contributed by atoms with Crippen LogP contribution in [0.25, 0.3) is 0 Å². The summed E-state index contributed by atoms with van der Waals surface area (Å²) in [6.45, 7) is 4.79. The number of H-pyrrole nitrogens is 1. The summed E-state index contributed by atoms with van der Waals surface area (Å²) in [5.41, 5.74) is 2.98. The van der Waals surface area contributed by atoms with E-state index in [1.807, 2.05) is 32.0 Å². The Kier molecular flexibility index (Phi) is 5.62. The van der Waals surface area contributed by atoms with Crippen molar-refractivity contribution in [3.8, 4) is 0 Å². The fraction of sp³-hybridized carbons (Fsp3) is 0.444. The Hall–Kier alpha value is -2.74. The number of amides is 2. The number of aromatic amines is 1. The maximum absolute atomic E-state index is 12.4. The number of rotatable bonds is 8. The van der Waals surface area contributed by atoms with Crippen LogP contribution in [0.4, 0.5) is 11.6 Å². The molecule has 1 heterocycles. The number of hydrogen-bond acceptors (Lipinski definition) is 5. The molecule has 8 nitrogen and oxygen atoms in total. The summed E-state index contributed by atoms with van der Waals surface area (Å²) < 4.78 is 0. The Bertz CT molecular complexity index is 770. The van der Waals surface area contributed by atoms with E-state index in [-0.39, 0.29) is 18.4 Å². The van der Waals surface area contributed by atoms with Gasteiger partial charge in [0, 0.05) is 24.7 Å². The fourth-order valence-corrected chi connectivity index (χ4v) is 2.78. The first-order valence-electron chi connectivity index (χ1n) is 8.77. The molecule has 1 fully saturated rings. The molecule has 1 saturated carbocycles. The molecule has 2 amide bonds. The third kappa shape index (κ3) is 5.13. The smallest absolute Gasteiger partial charge is 0.238 e. The van der Waals surface area contributed by atoms with Crippen molar-refractivity contribution in [2.45, 2.75) is 39.2 Å². The second kappa shape index (κ2) is 8.09. The molecular formula is C18H24N6O2. The first kappa shape index (κ1) is 18.1. The van der Waals surface area contributed by atoms with E-state index >= 15 is 0 Å². The first-order chi connectivity index (χ1) is 12.5. The molecule has 0 saturated heterocycles. The number of hydrogen-bond donors (Lipinski definition) is 3. The van der Waals surface area contributed by atoms with Gasteiger partial charge in [-0.2, -0.15) is 10.1 Å². The molecule has 2 aromatic rings. The van der Waals surface area contributed by atoms with Crippen LogP contribution in [0.2, 0.25) is 0 Å². The summed E-state index contributed by atoms with van der Waals surface area (Å²) in [6, 6.07) is 6.38. The van der Waals surface area contributed by atoms with Crippen LogP contribution in [-0.2, 0) is 9.59 Å². The van der Waals surface area contributed by atoms with Crippen molar-refractivity contribution < 1.29 is 9.59 Å². The van der Waals surface area contributed by atoms with E-state index in [1.54, 1.807) is 0 Å². The summed E-state index contributed by atoms with van der Waals surface area (Å²) in [4.78, 5) is 30.4. The van der Waals surface area contributed by atoms with Crippen LogP contribution in [-0.4, -0.2) is 51.0 Å². The van der Waals surface area contributed by atoms with Crippen molar-refractivity contribution in [3.63, 3.8) is 0 Å².